The zero-order valence-corrected chi connectivity index (χ0v) is 36.1. The van der Waals surface area contributed by atoms with Gasteiger partial charge in [-0.1, -0.05) is 77.4 Å². The van der Waals surface area contributed by atoms with Crippen molar-refractivity contribution >= 4 is 45.2 Å². The fourth-order valence-corrected chi connectivity index (χ4v) is 9.92. The van der Waals surface area contributed by atoms with E-state index in [1.54, 1.807) is 39.9 Å². The average molecular weight is 913 g/mol. The molecule has 17 heteroatoms. The number of nitrogens with zero attached hydrogens (tertiary/aromatic N) is 6. The second-order valence-corrected chi connectivity index (χ2v) is 18.4. The molecule has 2 aliphatic heterocycles. The van der Waals surface area contributed by atoms with E-state index in [0.29, 0.717) is 60.9 Å². The molecule has 2 aliphatic carbocycles. The number of aromatic amines is 1. The highest BCUT2D eigenvalue weighted by molar-refractivity contribution is 9.10. The molecule has 4 aliphatic rings. The minimum atomic E-state index is -2.71. The van der Waals surface area contributed by atoms with Crippen LogP contribution in [0.5, 0.6) is 0 Å². The van der Waals surface area contributed by atoms with Crippen LogP contribution in [0.1, 0.15) is 95.4 Å². The number of amides is 4. The Bertz CT molecular complexity index is 2480. The first kappa shape index (κ1) is 41.6. The number of hydrogen-bond acceptors (Lipinski definition) is 8. The number of anilines is 1. The van der Waals surface area contributed by atoms with Crippen LogP contribution in [0.2, 0.25) is 0 Å². The maximum atomic E-state index is 14.2. The molecule has 324 valence electrons. The molecule has 3 aromatic heterocycles. The van der Waals surface area contributed by atoms with Crippen molar-refractivity contribution in [2.45, 2.75) is 82.8 Å². The lowest BCUT2D eigenvalue weighted by Gasteiger charge is -2.44. The third kappa shape index (κ3) is 7.95. The van der Waals surface area contributed by atoms with Crippen molar-refractivity contribution in [3.8, 4) is 0 Å². The molecule has 14 nitrogen and oxygen atoms in total. The third-order valence-electron chi connectivity index (χ3n) is 13.1. The van der Waals surface area contributed by atoms with Gasteiger partial charge in [0.05, 0.1) is 36.1 Å². The molecule has 6 unspecified atom stereocenters. The SMILES string of the molecule is Cc1cc(C(C(=O)N2CCCC2C(=O)NC(CC(=O)N2CC(C(c3ccccc3)n3cc(NC(=O)c4n[nH]c5c4CC4C(C5)C4(F)F)cn3)C2)c2ccc(Br)cc2)C(C)C)on1. The van der Waals surface area contributed by atoms with Crippen LogP contribution in [-0.2, 0) is 27.2 Å². The van der Waals surface area contributed by atoms with E-state index in [2.05, 4.69) is 47.0 Å². The van der Waals surface area contributed by atoms with E-state index in [0.717, 1.165) is 15.6 Å². The topological polar surface area (TPSA) is 171 Å². The number of alkyl halides is 2. The van der Waals surface area contributed by atoms with Crippen LogP contribution in [0.3, 0.4) is 0 Å². The summed E-state index contributed by atoms with van der Waals surface area (Å²) in [6.45, 7) is 6.99. The summed E-state index contributed by atoms with van der Waals surface area (Å²) >= 11 is 3.49. The molecule has 3 N–H and O–H groups in total. The van der Waals surface area contributed by atoms with Crippen molar-refractivity contribution in [2.75, 3.05) is 25.0 Å². The van der Waals surface area contributed by atoms with Gasteiger partial charge in [0, 0.05) is 65.4 Å². The van der Waals surface area contributed by atoms with Crippen LogP contribution in [0.25, 0.3) is 0 Å². The summed E-state index contributed by atoms with van der Waals surface area (Å²) in [6.07, 6.45) is 4.74. The Kier molecular flexibility index (Phi) is 11.1. The lowest BCUT2D eigenvalue weighted by atomic mass is 9.86. The van der Waals surface area contributed by atoms with Gasteiger partial charge in [0.2, 0.25) is 17.7 Å². The summed E-state index contributed by atoms with van der Waals surface area (Å²) in [5.41, 5.74) is 4.09. The maximum absolute atomic E-state index is 14.2. The number of H-pyrrole nitrogens is 1. The molecular weight excluding hydrogens is 864 g/mol. The molecule has 1 saturated carbocycles. The van der Waals surface area contributed by atoms with Crippen molar-refractivity contribution in [3.05, 3.63) is 117 Å². The van der Waals surface area contributed by atoms with Crippen molar-refractivity contribution in [3.63, 3.8) is 0 Å². The number of rotatable bonds is 13. The van der Waals surface area contributed by atoms with Gasteiger partial charge in [-0.25, -0.2) is 8.78 Å². The Morgan fingerprint density at radius 2 is 1.76 bits per heavy atom. The second kappa shape index (κ2) is 16.5. The zero-order valence-electron chi connectivity index (χ0n) is 34.6. The highest BCUT2D eigenvalue weighted by atomic mass is 79.9. The summed E-state index contributed by atoms with van der Waals surface area (Å²) < 4.78 is 36.5. The van der Waals surface area contributed by atoms with E-state index in [9.17, 15) is 28.0 Å². The number of hydrogen-bond donors (Lipinski definition) is 3. The first-order valence-electron chi connectivity index (χ1n) is 21.2. The van der Waals surface area contributed by atoms with E-state index >= 15 is 0 Å². The molecular formula is C45H48BrF2N9O5. The number of aromatic nitrogens is 5. The molecule has 3 fully saturated rings. The third-order valence-corrected chi connectivity index (χ3v) is 13.6. The second-order valence-electron chi connectivity index (χ2n) is 17.5. The Morgan fingerprint density at radius 3 is 2.47 bits per heavy atom. The predicted octanol–water partition coefficient (Wildman–Crippen LogP) is 6.62. The molecule has 5 aromatic rings. The number of halogens is 3. The van der Waals surface area contributed by atoms with Crippen molar-refractivity contribution in [1.29, 1.82) is 0 Å². The number of likely N-dealkylation sites (tertiary alicyclic amines) is 2. The fraction of sp³-hybridized carbons (Fsp3) is 0.444. The number of carbonyl (C=O) groups excluding carboxylic acids is 4. The van der Waals surface area contributed by atoms with E-state index in [1.807, 2.05) is 68.4 Å². The first-order valence-corrected chi connectivity index (χ1v) is 22.0. The zero-order chi connectivity index (χ0) is 43.4. The van der Waals surface area contributed by atoms with Gasteiger partial charge in [-0.2, -0.15) is 10.2 Å². The van der Waals surface area contributed by atoms with Gasteiger partial charge in [0.15, 0.2) is 5.69 Å². The molecule has 2 saturated heterocycles. The number of fused-ring (bicyclic) bond motifs is 2. The maximum Gasteiger partial charge on any atom is 0.276 e. The summed E-state index contributed by atoms with van der Waals surface area (Å²) in [7, 11) is 0. The predicted molar refractivity (Wildman–Crippen MR) is 226 cm³/mol. The summed E-state index contributed by atoms with van der Waals surface area (Å²) in [5.74, 6) is -5.52. The van der Waals surface area contributed by atoms with Crippen LogP contribution in [0.15, 0.2) is 82.1 Å². The van der Waals surface area contributed by atoms with Crippen LogP contribution < -0.4 is 10.6 Å². The Labute approximate surface area is 365 Å². The van der Waals surface area contributed by atoms with E-state index < -0.39 is 41.7 Å². The smallest absolute Gasteiger partial charge is 0.276 e. The molecule has 0 spiro atoms. The van der Waals surface area contributed by atoms with E-state index in [4.69, 9.17) is 4.52 Å². The Morgan fingerprint density at radius 1 is 1.02 bits per heavy atom. The summed E-state index contributed by atoms with van der Waals surface area (Å²) in [6, 6.07) is 17.4. The van der Waals surface area contributed by atoms with Crippen LogP contribution >= 0.6 is 15.9 Å². The molecule has 5 heterocycles. The largest absolute Gasteiger partial charge is 0.360 e. The van der Waals surface area contributed by atoms with Gasteiger partial charge in [0.25, 0.3) is 11.8 Å². The first-order chi connectivity index (χ1) is 29.8. The normalized spacial score (nSPS) is 21.7. The van der Waals surface area contributed by atoms with Crippen molar-refractivity contribution in [1.82, 2.24) is 40.3 Å². The minimum Gasteiger partial charge on any atom is -0.360 e. The molecule has 4 amide bonds. The highest BCUT2D eigenvalue weighted by Gasteiger charge is 2.69. The van der Waals surface area contributed by atoms with Gasteiger partial charge < -0.3 is 25.0 Å². The average Bonchev–Trinajstić information content (AvgIpc) is 3.93. The van der Waals surface area contributed by atoms with E-state index in [-0.39, 0.29) is 60.6 Å². The standard InChI is InChI=1S/C45H48BrF2N9O5/c1-24(2)39(37-16-25(3)54-62-37)44(61)56-15-7-10-36(56)42(59)51-34(26-11-13-29(46)14-12-26)19-38(58)55-21-28(22-55)41(27-8-5-4-6-9-27)57-23-30(20-49-57)50-43(60)40-31-17-32-33(45(32,47)48)18-35(31)52-53-40/h4-6,8-9,11-14,16,20,23-24,28,32-34,36,39,41H,7,10,15,17-19,21-22H2,1-3H3,(H,50,60)(H,51,59)(H,52,53). The van der Waals surface area contributed by atoms with Gasteiger partial charge in [-0.15, -0.1) is 0 Å². The van der Waals surface area contributed by atoms with Crippen molar-refractivity contribution in [2.24, 2.45) is 23.7 Å². The molecule has 9 rings (SSSR count). The van der Waals surface area contributed by atoms with E-state index in [1.165, 1.54) is 0 Å². The molecule has 6 atom stereocenters. The quantitative estimate of drug-likeness (QED) is 0.118. The molecule has 2 aromatic carbocycles. The number of aryl methyl sites for hydroxylation is 1. The minimum absolute atomic E-state index is 0.0105. The molecule has 62 heavy (non-hydrogen) atoms. The lowest BCUT2D eigenvalue weighted by molar-refractivity contribution is -0.142. The number of nitrogens with one attached hydrogen (secondary N) is 3. The summed E-state index contributed by atoms with van der Waals surface area (Å²) in [5, 5.41) is 21.6. The highest BCUT2D eigenvalue weighted by Crippen LogP contribution is 2.60. The fourth-order valence-electron chi connectivity index (χ4n) is 9.65. The van der Waals surface area contributed by atoms with Gasteiger partial charge in [-0.3, -0.25) is 29.0 Å². The van der Waals surface area contributed by atoms with Crippen LogP contribution in [-0.4, -0.2) is 90.2 Å². The Hall–Kier alpha value is -5.71. The lowest BCUT2D eigenvalue weighted by Crippen LogP contribution is -2.54. The monoisotopic (exact) mass is 911 g/mol. The Balaban J connectivity index is 0.872. The summed E-state index contributed by atoms with van der Waals surface area (Å²) in [4.78, 5) is 59.0. The molecule has 0 radical (unpaired) electrons. The van der Waals surface area contributed by atoms with Crippen LogP contribution in [0.4, 0.5) is 14.5 Å². The van der Waals surface area contributed by atoms with Gasteiger partial charge in [0.1, 0.15) is 17.7 Å². The van der Waals surface area contributed by atoms with Crippen molar-refractivity contribution < 1.29 is 32.5 Å². The molecule has 0 bridgehead atoms. The van der Waals surface area contributed by atoms with Gasteiger partial charge in [-0.05, 0) is 61.8 Å². The van der Waals surface area contributed by atoms with Gasteiger partial charge >= 0.3 is 0 Å². The van der Waals surface area contributed by atoms with Crippen LogP contribution in [0, 0.1) is 30.6 Å². The number of benzene rings is 2. The number of carbonyl (C=O) groups is 4.